The van der Waals surface area contributed by atoms with Gasteiger partial charge in [0.05, 0.1) is 24.8 Å². The second kappa shape index (κ2) is 5.72. The molecule has 3 aromatic rings. The van der Waals surface area contributed by atoms with Crippen LogP contribution in [0.3, 0.4) is 0 Å². The molecule has 4 heteroatoms. The number of hydrogen-bond acceptors (Lipinski definition) is 3. The van der Waals surface area contributed by atoms with Gasteiger partial charge >= 0.3 is 0 Å². The Balaban J connectivity index is 2.07. The quantitative estimate of drug-likeness (QED) is 0.782. The van der Waals surface area contributed by atoms with Gasteiger partial charge in [-0.1, -0.05) is 0 Å². The molecule has 0 bridgehead atoms. The van der Waals surface area contributed by atoms with E-state index in [1.54, 1.807) is 7.11 Å². The van der Waals surface area contributed by atoms with Crippen molar-refractivity contribution in [3.63, 3.8) is 0 Å². The van der Waals surface area contributed by atoms with Crippen LogP contribution >= 0.6 is 0 Å². The number of aryl methyl sites for hydroxylation is 2. The maximum atomic E-state index is 5.55. The predicted octanol–water partition coefficient (Wildman–Crippen LogP) is 4.25. The number of nitrogens with one attached hydrogen (secondary N) is 1. The van der Waals surface area contributed by atoms with Crippen molar-refractivity contribution < 1.29 is 9.47 Å². The standard InChI is InChI=1S/C18H20N2O2/c1-5-22-16-7-6-13(10-17(16)21-4)18-19-14-8-11(2)12(3)9-15(14)20-18/h6-10H,5H2,1-4H3,(H,19,20). The Morgan fingerprint density at radius 1 is 1.05 bits per heavy atom. The van der Waals surface area contributed by atoms with Gasteiger partial charge in [-0.15, -0.1) is 0 Å². The summed E-state index contributed by atoms with van der Waals surface area (Å²) in [6, 6.07) is 10.1. The molecule has 0 saturated heterocycles. The first kappa shape index (κ1) is 14.4. The normalized spacial score (nSPS) is 10.9. The summed E-state index contributed by atoms with van der Waals surface area (Å²) in [5, 5.41) is 0. The van der Waals surface area contributed by atoms with E-state index >= 15 is 0 Å². The van der Waals surface area contributed by atoms with Crippen LogP contribution in [0.1, 0.15) is 18.1 Å². The van der Waals surface area contributed by atoms with Crippen LogP contribution in [-0.4, -0.2) is 23.7 Å². The highest BCUT2D eigenvalue weighted by Gasteiger charge is 2.10. The lowest BCUT2D eigenvalue weighted by molar-refractivity contribution is 0.311. The molecule has 0 aliphatic carbocycles. The Hall–Kier alpha value is -2.49. The minimum atomic E-state index is 0.610. The third-order valence-electron chi connectivity index (χ3n) is 3.83. The first-order chi connectivity index (χ1) is 10.6. The number of aromatic amines is 1. The van der Waals surface area contributed by atoms with E-state index in [9.17, 15) is 0 Å². The average Bonchev–Trinajstić information content (AvgIpc) is 2.91. The van der Waals surface area contributed by atoms with Crippen LogP contribution in [0.25, 0.3) is 22.4 Å². The summed E-state index contributed by atoms with van der Waals surface area (Å²) in [5.74, 6) is 2.30. The maximum absolute atomic E-state index is 5.55. The fraction of sp³-hybridized carbons (Fsp3) is 0.278. The van der Waals surface area contributed by atoms with E-state index in [1.165, 1.54) is 11.1 Å². The van der Waals surface area contributed by atoms with Gasteiger partial charge in [0.15, 0.2) is 11.5 Å². The third-order valence-corrected chi connectivity index (χ3v) is 3.83. The minimum Gasteiger partial charge on any atom is -0.493 e. The molecule has 1 aromatic heterocycles. The van der Waals surface area contributed by atoms with Gasteiger partial charge in [0, 0.05) is 5.56 Å². The Labute approximate surface area is 130 Å². The molecule has 0 unspecified atom stereocenters. The number of methoxy groups -OCH3 is 1. The van der Waals surface area contributed by atoms with Crippen molar-refractivity contribution >= 4 is 11.0 Å². The largest absolute Gasteiger partial charge is 0.493 e. The smallest absolute Gasteiger partial charge is 0.161 e. The van der Waals surface area contributed by atoms with Crippen molar-refractivity contribution in [1.29, 1.82) is 0 Å². The summed E-state index contributed by atoms with van der Waals surface area (Å²) in [6.45, 7) is 6.77. The molecule has 0 aliphatic heterocycles. The molecule has 0 amide bonds. The maximum Gasteiger partial charge on any atom is 0.161 e. The number of rotatable bonds is 4. The van der Waals surface area contributed by atoms with E-state index < -0.39 is 0 Å². The van der Waals surface area contributed by atoms with Crippen molar-refractivity contribution in [2.24, 2.45) is 0 Å². The summed E-state index contributed by atoms with van der Waals surface area (Å²) in [6.07, 6.45) is 0. The zero-order chi connectivity index (χ0) is 15.7. The van der Waals surface area contributed by atoms with Crippen molar-refractivity contribution in [3.8, 4) is 22.9 Å². The zero-order valence-corrected chi connectivity index (χ0v) is 13.4. The molecule has 0 atom stereocenters. The Kier molecular flexibility index (Phi) is 3.75. The molecule has 1 heterocycles. The van der Waals surface area contributed by atoms with E-state index in [0.717, 1.165) is 28.2 Å². The Morgan fingerprint density at radius 3 is 2.55 bits per heavy atom. The number of hydrogen-bond donors (Lipinski definition) is 1. The highest BCUT2D eigenvalue weighted by molar-refractivity contribution is 5.81. The van der Waals surface area contributed by atoms with Gasteiger partial charge in [-0.3, -0.25) is 0 Å². The lowest BCUT2D eigenvalue weighted by atomic mass is 10.1. The summed E-state index contributed by atoms with van der Waals surface area (Å²) in [5.41, 5.74) is 5.51. The van der Waals surface area contributed by atoms with E-state index in [-0.39, 0.29) is 0 Å². The number of aromatic nitrogens is 2. The summed E-state index contributed by atoms with van der Waals surface area (Å²) < 4.78 is 11.0. The number of fused-ring (bicyclic) bond motifs is 1. The first-order valence-corrected chi connectivity index (χ1v) is 7.40. The summed E-state index contributed by atoms with van der Waals surface area (Å²) >= 11 is 0. The first-order valence-electron chi connectivity index (χ1n) is 7.40. The van der Waals surface area contributed by atoms with E-state index in [2.05, 4.69) is 35.9 Å². The van der Waals surface area contributed by atoms with E-state index in [0.29, 0.717) is 12.4 Å². The Morgan fingerprint density at radius 2 is 1.82 bits per heavy atom. The molecular formula is C18H20N2O2. The van der Waals surface area contributed by atoms with Crippen LogP contribution < -0.4 is 9.47 Å². The molecule has 0 fully saturated rings. The average molecular weight is 296 g/mol. The zero-order valence-electron chi connectivity index (χ0n) is 13.4. The number of nitrogens with zero attached hydrogens (tertiary/aromatic N) is 1. The van der Waals surface area contributed by atoms with Crippen LogP contribution in [0.2, 0.25) is 0 Å². The lowest BCUT2D eigenvalue weighted by Crippen LogP contribution is -1.95. The number of ether oxygens (including phenoxy) is 2. The van der Waals surface area contributed by atoms with Gasteiger partial charge in [-0.05, 0) is 62.2 Å². The molecule has 4 nitrogen and oxygen atoms in total. The van der Waals surface area contributed by atoms with Crippen molar-refractivity contribution in [2.45, 2.75) is 20.8 Å². The SMILES string of the molecule is CCOc1ccc(-c2nc3cc(C)c(C)cc3[nH]2)cc1OC. The molecule has 0 spiro atoms. The number of H-pyrrole nitrogens is 1. The topological polar surface area (TPSA) is 47.1 Å². The highest BCUT2D eigenvalue weighted by Crippen LogP contribution is 2.32. The molecule has 1 N–H and O–H groups in total. The molecule has 114 valence electrons. The van der Waals surface area contributed by atoms with Gasteiger partial charge in [-0.25, -0.2) is 4.98 Å². The Bertz CT molecular complexity index is 782. The predicted molar refractivity (Wildman–Crippen MR) is 88.7 cm³/mol. The van der Waals surface area contributed by atoms with Crippen LogP contribution in [-0.2, 0) is 0 Å². The second-order valence-corrected chi connectivity index (χ2v) is 5.34. The monoisotopic (exact) mass is 296 g/mol. The summed E-state index contributed by atoms with van der Waals surface area (Å²) in [7, 11) is 1.65. The molecule has 22 heavy (non-hydrogen) atoms. The van der Waals surface area contributed by atoms with E-state index in [1.807, 2.05) is 25.1 Å². The van der Waals surface area contributed by atoms with Crippen LogP contribution in [0.4, 0.5) is 0 Å². The molecule has 0 aliphatic rings. The number of imidazole rings is 1. The van der Waals surface area contributed by atoms with Crippen LogP contribution in [0.5, 0.6) is 11.5 Å². The summed E-state index contributed by atoms with van der Waals surface area (Å²) in [4.78, 5) is 8.06. The van der Waals surface area contributed by atoms with Gasteiger partial charge in [-0.2, -0.15) is 0 Å². The second-order valence-electron chi connectivity index (χ2n) is 5.34. The third kappa shape index (κ3) is 2.52. The number of benzene rings is 2. The van der Waals surface area contributed by atoms with Crippen LogP contribution in [0.15, 0.2) is 30.3 Å². The van der Waals surface area contributed by atoms with Crippen LogP contribution in [0, 0.1) is 13.8 Å². The van der Waals surface area contributed by atoms with Gasteiger partial charge < -0.3 is 14.5 Å². The van der Waals surface area contributed by atoms with Gasteiger partial charge in [0.25, 0.3) is 0 Å². The molecule has 0 saturated carbocycles. The van der Waals surface area contributed by atoms with Crippen molar-refractivity contribution in [2.75, 3.05) is 13.7 Å². The van der Waals surface area contributed by atoms with E-state index in [4.69, 9.17) is 9.47 Å². The van der Waals surface area contributed by atoms with Gasteiger partial charge in [0.1, 0.15) is 5.82 Å². The highest BCUT2D eigenvalue weighted by atomic mass is 16.5. The fourth-order valence-electron chi connectivity index (χ4n) is 2.50. The molecule has 2 aromatic carbocycles. The van der Waals surface area contributed by atoms with Crippen molar-refractivity contribution in [3.05, 3.63) is 41.5 Å². The molecular weight excluding hydrogens is 276 g/mol. The minimum absolute atomic E-state index is 0.610. The lowest BCUT2D eigenvalue weighted by Gasteiger charge is -2.09. The van der Waals surface area contributed by atoms with Gasteiger partial charge in [0.2, 0.25) is 0 Å². The fourth-order valence-corrected chi connectivity index (χ4v) is 2.50. The van der Waals surface area contributed by atoms with Crippen molar-refractivity contribution in [1.82, 2.24) is 9.97 Å². The molecule has 3 rings (SSSR count). The molecule has 0 radical (unpaired) electrons.